The van der Waals surface area contributed by atoms with Crippen molar-refractivity contribution < 1.29 is 19.4 Å². The van der Waals surface area contributed by atoms with Crippen LogP contribution >= 0.6 is 23.2 Å². The largest absolute Gasteiger partial charge is 0.507 e. The highest BCUT2D eigenvalue weighted by Gasteiger charge is 2.47. The number of hydrogen-bond donors (Lipinski definition) is 1. The van der Waals surface area contributed by atoms with Crippen molar-refractivity contribution in [3.8, 4) is 5.75 Å². The van der Waals surface area contributed by atoms with Crippen LogP contribution in [0.2, 0.25) is 10.0 Å². The number of carbonyl (C=O) groups is 2. The number of ketones is 1. The molecule has 0 spiro atoms. The highest BCUT2D eigenvalue weighted by Crippen LogP contribution is 2.43. The normalized spacial score (nSPS) is 17.3. The molecule has 1 unspecified atom stereocenters. The van der Waals surface area contributed by atoms with Gasteiger partial charge in [0.15, 0.2) is 0 Å². The average molecular weight is 496 g/mol. The zero-order valence-corrected chi connectivity index (χ0v) is 20.2. The molecule has 5 nitrogen and oxygen atoms in total. The Morgan fingerprint density at radius 1 is 0.971 bits per heavy atom. The first-order valence-corrected chi connectivity index (χ1v) is 11.6. The van der Waals surface area contributed by atoms with E-state index in [1.165, 1.54) is 4.90 Å². The number of anilines is 1. The van der Waals surface area contributed by atoms with Gasteiger partial charge >= 0.3 is 0 Å². The Balaban J connectivity index is 1.86. The van der Waals surface area contributed by atoms with Crippen LogP contribution in [-0.4, -0.2) is 23.4 Å². The number of benzene rings is 3. The third-order valence-electron chi connectivity index (χ3n) is 5.62. The molecule has 1 atom stereocenters. The van der Waals surface area contributed by atoms with E-state index in [1.54, 1.807) is 54.6 Å². The average Bonchev–Trinajstić information content (AvgIpc) is 3.10. The summed E-state index contributed by atoms with van der Waals surface area (Å²) in [7, 11) is 0. The standard InChI is InChI=1S/C27H23Cl2NO4/c1-3-14-34-20-11-6-17(7-12-20)25(31)23-24(18-8-13-21(28)22(29)15-18)30(27(33)26(23)32)19-9-4-16(2)5-10-19/h4-13,15,24,31H,3,14H2,1-2H3/b25-23-. The smallest absolute Gasteiger partial charge is 0.300 e. The van der Waals surface area contributed by atoms with Gasteiger partial charge in [0, 0.05) is 11.3 Å². The fourth-order valence-electron chi connectivity index (χ4n) is 3.89. The van der Waals surface area contributed by atoms with Crippen LogP contribution in [0.15, 0.2) is 72.3 Å². The van der Waals surface area contributed by atoms with Gasteiger partial charge in [-0.15, -0.1) is 0 Å². The lowest BCUT2D eigenvalue weighted by atomic mass is 9.95. The first-order valence-electron chi connectivity index (χ1n) is 10.9. The molecule has 1 fully saturated rings. The van der Waals surface area contributed by atoms with Gasteiger partial charge in [0.05, 0.1) is 28.3 Å². The Morgan fingerprint density at radius 2 is 1.65 bits per heavy atom. The topological polar surface area (TPSA) is 66.8 Å². The summed E-state index contributed by atoms with van der Waals surface area (Å²) in [5, 5.41) is 11.9. The fraction of sp³-hybridized carbons (Fsp3) is 0.185. The third kappa shape index (κ3) is 4.54. The molecule has 1 amide bonds. The second kappa shape index (κ2) is 9.92. The maximum Gasteiger partial charge on any atom is 0.300 e. The van der Waals surface area contributed by atoms with E-state index in [9.17, 15) is 14.7 Å². The molecule has 3 aromatic carbocycles. The van der Waals surface area contributed by atoms with Gasteiger partial charge in [-0.2, -0.15) is 0 Å². The van der Waals surface area contributed by atoms with E-state index in [-0.39, 0.29) is 16.4 Å². The lowest BCUT2D eigenvalue weighted by Crippen LogP contribution is -2.29. The number of nitrogens with zero attached hydrogens (tertiary/aromatic N) is 1. The first-order chi connectivity index (χ1) is 16.3. The lowest BCUT2D eigenvalue weighted by Gasteiger charge is -2.26. The molecule has 1 aliphatic rings. The number of aliphatic hydroxyl groups is 1. The van der Waals surface area contributed by atoms with E-state index in [2.05, 4.69) is 0 Å². The van der Waals surface area contributed by atoms with Crippen LogP contribution in [0.3, 0.4) is 0 Å². The van der Waals surface area contributed by atoms with Crippen molar-refractivity contribution in [2.75, 3.05) is 11.5 Å². The predicted molar refractivity (Wildman–Crippen MR) is 135 cm³/mol. The Labute approximate surface area is 208 Å². The summed E-state index contributed by atoms with van der Waals surface area (Å²) in [4.78, 5) is 27.8. The number of rotatable bonds is 6. The van der Waals surface area contributed by atoms with Gasteiger partial charge in [-0.1, -0.05) is 53.9 Å². The summed E-state index contributed by atoms with van der Waals surface area (Å²) < 4.78 is 5.60. The van der Waals surface area contributed by atoms with Crippen LogP contribution in [0.1, 0.15) is 36.1 Å². The van der Waals surface area contributed by atoms with Gasteiger partial charge in [-0.25, -0.2) is 0 Å². The fourth-order valence-corrected chi connectivity index (χ4v) is 4.19. The number of aliphatic hydroxyl groups excluding tert-OH is 1. The number of carbonyl (C=O) groups excluding carboxylic acids is 2. The number of amides is 1. The Morgan fingerprint density at radius 3 is 2.26 bits per heavy atom. The van der Waals surface area contributed by atoms with Crippen molar-refractivity contribution in [2.45, 2.75) is 26.3 Å². The molecular formula is C27H23Cl2NO4. The Bertz CT molecular complexity index is 1270. The van der Waals surface area contributed by atoms with Gasteiger partial charge in [-0.05, 0) is 67.4 Å². The molecule has 7 heteroatoms. The summed E-state index contributed by atoms with van der Waals surface area (Å²) >= 11 is 12.4. The quantitative estimate of drug-likeness (QED) is 0.234. The molecule has 1 heterocycles. The van der Waals surface area contributed by atoms with Crippen LogP contribution in [0, 0.1) is 6.92 Å². The van der Waals surface area contributed by atoms with Crippen molar-refractivity contribution in [3.05, 3.63) is 99.0 Å². The van der Waals surface area contributed by atoms with Gasteiger partial charge in [-0.3, -0.25) is 14.5 Å². The molecule has 3 aromatic rings. The number of Topliss-reactive ketones (excluding diaryl/α,β-unsaturated/α-hetero) is 1. The van der Waals surface area contributed by atoms with E-state index in [0.29, 0.717) is 34.2 Å². The molecule has 0 aliphatic carbocycles. The van der Waals surface area contributed by atoms with Gasteiger partial charge < -0.3 is 9.84 Å². The zero-order chi connectivity index (χ0) is 24.4. The Hall–Kier alpha value is -3.28. The summed E-state index contributed by atoms with van der Waals surface area (Å²) in [5.41, 5.74) is 2.48. The monoisotopic (exact) mass is 495 g/mol. The third-order valence-corrected chi connectivity index (χ3v) is 6.36. The number of aryl methyl sites for hydroxylation is 1. The summed E-state index contributed by atoms with van der Waals surface area (Å²) in [5.74, 6) is -1.13. The summed E-state index contributed by atoms with van der Waals surface area (Å²) in [6.45, 7) is 4.52. The highest BCUT2D eigenvalue weighted by molar-refractivity contribution is 6.51. The molecule has 4 rings (SSSR count). The zero-order valence-electron chi connectivity index (χ0n) is 18.7. The molecule has 0 radical (unpaired) electrons. The van der Waals surface area contributed by atoms with Crippen molar-refractivity contribution >= 4 is 46.3 Å². The van der Waals surface area contributed by atoms with Gasteiger partial charge in [0.1, 0.15) is 11.5 Å². The molecule has 1 aliphatic heterocycles. The van der Waals surface area contributed by atoms with E-state index >= 15 is 0 Å². The van der Waals surface area contributed by atoms with Crippen LogP contribution in [0.5, 0.6) is 5.75 Å². The minimum absolute atomic E-state index is 0.0220. The molecule has 34 heavy (non-hydrogen) atoms. The first kappa shape index (κ1) is 23.9. The number of halogens is 2. The maximum absolute atomic E-state index is 13.2. The predicted octanol–water partition coefficient (Wildman–Crippen LogP) is 6.72. The molecule has 0 aromatic heterocycles. The molecule has 1 N–H and O–H groups in total. The van der Waals surface area contributed by atoms with Crippen molar-refractivity contribution in [1.29, 1.82) is 0 Å². The van der Waals surface area contributed by atoms with Gasteiger partial charge in [0.25, 0.3) is 11.7 Å². The summed E-state index contributed by atoms with van der Waals surface area (Å²) in [6.07, 6.45) is 0.869. The molecular weight excluding hydrogens is 473 g/mol. The van der Waals surface area contributed by atoms with Crippen LogP contribution in [-0.2, 0) is 9.59 Å². The minimum Gasteiger partial charge on any atom is -0.507 e. The molecule has 0 bridgehead atoms. The Kier molecular flexibility index (Phi) is 6.96. The van der Waals surface area contributed by atoms with Crippen molar-refractivity contribution in [1.82, 2.24) is 0 Å². The highest BCUT2D eigenvalue weighted by atomic mass is 35.5. The van der Waals surface area contributed by atoms with Crippen molar-refractivity contribution in [2.24, 2.45) is 0 Å². The second-order valence-corrected chi connectivity index (χ2v) is 8.87. The maximum atomic E-state index is 13.2. The van der Waals surface area contributed by atoms with E-state index in [4.69, 9.17) is 27.9 Å². The molecule has 0 saturated carbocycles. The summed E-state index contributed by atoms with van der Waals surface area (Å²) in [6, 6.07) is 18.0. The molecule has 174 valence electrons. The molecule has 1 saturated heterocycles. The van der Waals surface area contributed by atoms with Crippen molar-refractivity contribution in [3.63, 3.8) is 0 Å². The SMILES string of the molecule is CCCOc1ccc(/C(O)=C2/C(=O)C(=O)N(c3ccc(C)cc3)C2c2ccc(Cl)c(Cl)c2)cc1. The number of hydrogen-bond acceptors (Lipinski definition) is 4. The van der Waals surface area contributed by atoms with E-state index in [1.807, 2.05) is 26.0 Å². The van der Waals surface area contributed by atoms with Crippen LogP contribution in [0.4, 0.5) is 5.69 Å². The van der Waals surface area contributed by atoms with Crippen LogP contribution in [0.25, 0.3) is 5.76 Å². The number of ether oxygens (including phenoxy) is 1. The second-order valence-electron chi connectivity index (χ2n) is 8.05. The van der Waals surface area contributed by atoms with Gasteiger partial charge in [0.2, 0.25) is 0 Å². The van der Waals surface area contributed by atoms with E-state index in [0.717, 1.165) is 12.0 Å². The lowest BCUT2D eigenvalue weighted by molar-refractivity contribution is -0.132. The van der Waals surface area contributed by atoms with Crippen LogP contribution < -0.4 is 9.64 Å². The van der Waals surface area contributed by atoms with E-state index < -0.39 is 17.7 Å². The minimum atomic E-state index is -0.881.